The molecule has 3 aromatic rings. The molecule has 154 valence electrons. The van der Waals surface area contributed by atoms with E-state index in [2.05, 4.69) is 15.2 Å². The van der Waals surface area contributed by atoms with Crippen molar-refractivity contribution in [3.63, 3.8) is 0 Å². The third kappa shape index (κ3) is 3.47. The SMILES string of the molecule is O=C(c1cc2n(n1)CCCO2)N1CCCC1Cn1nc(-c2ccncc2)ccc1=O. The number of hydrogen-bond acceptors (Lipinski definition) is 6. The van der Waals surface area contributed by atoms with Crippen molar-refractivity contribution in [3.05, 3.63) is 58.8 Å². The van der Waals surface area contributed by atoms with Crippen LogP contribution >= 0.6 is 0 Å². The Hall–Kier alpha value is -3.49. The van der Waals surface area contributed by atoms with Crippen molar-refractivity contribution >= 4 is 5.91 Å². The fraction of sp³-hybridized carbons (Fsp3) is 0.381. The fourth-order valence-corrected chi connectivity index (χ4v) is 4.07. The summed E-state index contributed by atoms with van der Waals surface area (Å²) in [5.41, 5.74) is 1.80. The Kier molecular flexibility index (Phi) is 4.78. The van der Waals surface area contributed by atoms with Gasteiger partial charge in [-0.25, -0.2) is 9.36 Å². The molecule has 1 saturated heterocycles. The molecule has 2 aliphatic rings. The molecule has 30 heavy (non-hydrogen) atoms. The minimum Gasteiger partial charge on any atom is -0.478 e. The molecule has 0 N–H and O–H groups in total. The highest BCUT2D eigenvalue weighted by Crippen LogP contribution is 2.24. The Morgan fingerprint density at radius 1 is 1.10 bits per heavy atom. The largest absolute Gasteiger partial charge is 0.478 e. The molecule has 9 heteroatoms. The number of rotatable bonds is 4. The fourth-order valence-electron chi connectivity index (χ4n) is 4.07. The second-order valence-corrected chi connectivity index (χ2v) is 7.56. The van der Waals surface area contributed by atoms with Crippen LogP contribution in [0.2, 0.25) is 0 Å². The van der Waals surface area contributed by atoms with Gasteiger partial charge in [-0.15, -0.1) is 0 Å². The van der Waals surface area contributed by atoms with Crippen LogP contribution in [0.5, 0.6) is 5.88 Å². The first kappa shape index (κ1) is 18.5. The molecule has 1 atom stereocenters. The summed E-state index contributed by atoms with van der Waals surface area (Å²) >= 11 is 0. The van der Waals surface area contributed by atoms with Crippen LogP contribution in [0, 0.1) is 0 Å². The molecule has 9 nitrogen and oxygen atoms in total. The van der Waals surface area contributed by atoms with Crippen LogP contribution in [-0.4, -0.2) is 54.5 Å². The van der Waals surface area contributed by atoms with Gasteiger partial charge in [-0.1, -0.05) is 0 Å². The number of ether oxygens (including phenoxy) is 1. The van der Waals surface area contributed by atoms with E-state index in [1.165, 1.54) is 10.7 Å². The Morgan fingerprint density at radius 2 is 1.97 bits per heavy atom. The quantitative estimate of drug-likeness (QED) is 0.653. The third-order valence-corrected chi connectivity index (χ3v) is 5.59. The number of carbonyl (C=O) groups is 1. The maximum Gasteiger partial charge on any atom is 0.274 e. The number of aryl methyl sites for hydroxylation is 1. The minimum atomic E-state index is -0.182. The molecule has 5 rings (SSSR count). The monoisotopic (exact) mass is 406 g/mol. The summed E-state index contributed by atoms with van der Waals surface area (Å²) in [6.07, 6.45) is 5.98. The van der Waals surface area contributed by atoms with Crippen molar-refractivity contribution < 1.29 is 9.53 Å². The minimum absolute atomic E-state index is 0.102. The predicted octanol–water partition coefficient (Wildman–Crippen LogP) is 1.59. The van der Waals surface area contributed by atoms with E-state index in [1.807, 2.05) is 17.0 Å². The summed E-state index contributed by atoms with van der Waals surface area (Å²) < 4.78 is 8.77. The number of aromatic nitrogens is 5. The molecule has 2 aliphatic heterocycles. The van der Waals surface area contributed by atoms with Gasteiger partial charge < -0.3 is 9.64 Å². The predicted molar refractivity (Wildman–Crippen MR) is 108 cm³/mol. The van der Waals surface area contributed by atoms with Crippen molar-refractivity contribution in [3.8, 4) is 17.1 Å². The van der Waals surface area contributed by atoms with Crippen LogP contribution in [0.25, 0.3) is 11.3 Å². The van der Waals surface area contributed by atoms with Gasteiger partial charge in [0.2, 0.25) is 5.88 Å². The average Bonchev–Trinajstić information content (AvgIpc) is 3.42. The van der Waals surface area contributed by atoms with Gasteiger partial charge in [0, 0.05) is 49.6 Å². The molecule has 1 amide bonds. The Bertz CT molecular complexity index is 1100. The Balaban J connectivity index is 1.37. The van der Waals surface area contributed by atoms with Gasteiger partial charge in [-0.2, -0.15) is 10.2 Å². The van der Waals surface area contributed by atoms with Gasteiger partial charge >= 0.3 is 0 Å². The van der Waals surface area contributed by atoms with Crippen LogP contribution < -0.4 is 10.3 Å². The van der Waals surface area contributed by atoms with Gasteiger partial charge in [0.15, 0.2) is 5.69 Å². The highest BCUT2D eigenvalue weighted by atomic mass is 16.5. The Morgan fingerprint density at radius 3 is 2.80 bits per heavy atom. The van der Waals surface area contributed by atoms with E-state index in [0.29, 0.717) is 37.0 Å². The molecule has 0 aromatic carbocycles. The summed E-state index contributed by atoms with van der Waals surface area (Å²) in [6.45, 7) is 2.40. The lowest BCUT2D eigenvalue weighted by atomic mass is 10.2. The van der Waals surface area contributed by atoms with Crippen LogP contribution in [0.15, 0.2) is 47.5 Å². The summed E-state index contributed by atoms with van der Waals surface area (Å²) in [6, 6.07) is 8.54. The molecule has 0 aliphatic carbocycles. The summed E-state index contributed by atoms with van der Waals surface area (Å²) in [4.78, 5) is 31.4. The smallest absolute Gasteiger partial charge is 0.274 e. The van der Waals surface area contributed by atoms with Crippen LogP contribution in [0.3, 0.4) is 0 Å². The topological polar surface area (TPSA) is 95.1 Å². The highest BCUT2D eigenvalue weighted by molar-refractivity contribution is 5.93. The lowest BCUT2D eigenvalue weighted by molar-refractivity contribution is 0.0713. The van der Waals surface area contributed by atoms with Gasteiger partial charge in [0.1, 0.15) is 0 Å². The second kappa shape index (κ2) is 7.74. The van der Waals surface area contributed by atoms with E-state index in [9.17, 15) is 9.59 Å². The third-order valence-electron chi connectivity index (χ3n) is 5.59. The van der Waals surface area contributed by atoms with E-state index in [4.69, 9.17) is 4.74 Å². The number of amides is 1. The van der Waals surface area contributed by atoms with Crippen molar-refractivity contribution in [2.45, 2.75) is 38.4 Å². The molecule has 0 spiro atoms. The van der Waals surface area contributed by atoms with Crippen molar-refractivity contribution in [1.29, 1.82) is 0 Å². The molecule has 5 heterocycles. The van der Waals surface area contributed by atoms with Gasteiger partial charge in [-0.3, -0.25) is 14.6 Å². The molecular formula is C21H22N6O3. The van der Waals surface area contributed by atoms with E-state index in [0.717, 1.165) is 31.4 Å². The normalized spacial score (nSPS) is 18.1. The molecule has 0 radical (unpaired) electrons. The van der Waals surface area contributed by atoms with Crippen molar-refractivity contribution in [2.24, 2.45) is 0 Å². The van der Waals surface area contributed by atoms with E-state index < -0.39 is 0 Å². The molecule has 1 unspecified atom stereocenters. The van der Waals surface area contributed by atoms with Crippen LogP contribution in [-0.2, 0) is 13.1 Å². The van der Waals surface area contributed by atoms with Crippen LogP contribution in [0.4, 0.5) is 0 Å². The van der Waals surface area contributed by atoms with Crippen molar-refractivity contribution in [2.75, 3.05) is 13.2 Å². The maximum atomic E-state index is 13.1. The number of fused-ring (bicyclic) bond motifs is 1. The first-order valence-corrected chi connectivity index (χ1v) is 10.2. The van der Waals surface area contributed by atoms with Gasteiger partial charge in [-0.05, 0) is 31.0 Å². The molecule has 1 fully saturated rings. The van der Waals surface area contributed by atoms with E-state index in [1.54, 1.807) is 29.2 Å². The average molecular weight is 406 g/mol. The number of hydrogen-bond donors (Lipinski definition) is 0. The summed E-state index contributed by atoms with van der Waals surface area (Å²) in [7, 11) is 0. The number of likely N-dealkylation sites (tertiary alicyclic amines) is 1. The standard InChI is InChI=1S/C21H22N6O3/c28-19-5-4-17(15-6-8-22-9-7-15)23-27(19)14-16-3-1-10-25(16)21(29)18-13-20-26(24-18)11-2-12-30-20/h4-9,13,16H,1-3,10-12,14H2. The summed E-state index contributed by atoms with van der Waals surface area (Å²) in [5, 5.41) is 8.94. The lowest BCUT2D eigenvalue weighted by Gasteiger charge is -2.24. The van der Waals surface area contributed by atoms with Crippen LogP contribution in [0.1, 0.15) is 29.8 Å². The molecule has 0 saturated carbocycles. The molecular weight excluding hydrogens is 384 g/mol. The molecule has 0 bridgehead atoms. The second-order valence-electron chi connectivity index (χ2n) is 7.56. The molecule has 3 aromatic heterocycles. The first-order chi connectivity index (χ1) is 14.7. The van der Waals surface area contributed by atoms with E-state index in [-0.39, 0.29) is 17.5 Å². The van der Waals surface area contributed by atoms with Crippen molar-refractivity contribution in [1.82, 2.24) is 29.4 Å². The van der Waals surface area contributed by atoms with Gasteiger partial charge in [0.05, 0.1) is 24.9 Å². The zero-order valence-corrected chi connectivity index (χ0v) is 16.5. The Labute approximate surface area is 172 Å². The first-order valence-electron chi connectivity index (χ1n) is 10.2. The number of pyridine rings is 1. The number of nitrogens with zero attached hydrogens (tertiary/aromatic N) is 6. The summed E-state index contributed by atoms with van der Waals surface area (Å²) in [5.74, 6) is 0.518. The lowest BCUT2D eigenvalue weighted by Crippen LogP contribution is -2.40. The maximum absolute atomic E-state index is 13.1. The van der Waals surface area contributed by atoms with Gasteiger partial charge in [0.25, 0.3) is 11.5 Å². The van der Waals surface area contributed by atoms with E-state index >= 15 is 0 Å². The zero-order chi connectivity index (χ0) is 20.5. The zero-order valence-electron chi connectivity index (χ0n) is 16.5. The number of carbonyl (C=O) groups excluding carboxylic acids is 1. The highest BCUT2D eigenvalue weighted by Gasteiger charge is 2.32.